The first-order valence-corrected chi connectivity index (χ1v) is 7.41. The van der Waals surface area contributed by atoms with Gasteiger partial charge in [0.05, 0.1) is 12.6 Å². The van der Waals surface area contributed by atoms with E-state index >= 15 is 0 Å². The molecule has 20 heavy (non-hydrogen) atoms. The third kappa shape index (κ3) is 5.09. The van der Waals surface area contributed by atoms with E-state index in [4.69, 9.17) is 10.5 Å². The normalized spacial score (nSPS) is 21.6. The van der Waals surface area contributed by atoms with Crippen molar-refractivity contribution in [3.8, 4) is 0 Å². The van der Waals surface area contributed by atoms with Gasteiger partial charge in [-0.25, -0.2) is 4.79 Å². The van der Waals surface area contributed by atoms with Gasteiger partial charge >= 0.3 is 5.97 Å². The van der Waals surface area contributed by atoms with Crippen molar-refractivity contribution in [2.75, 3.05) is 13.2 Å². The standard InChI is InChI=1S/C14H27N3O3/c1-4-20-14(19)11(8-10-6-5-7-16-10)17-13(18)12(15)9(2)3/h9-12,16H,4-8,15H2,1-3H3,(H,17,18)/t10?,11-,12-/m0/s1. The van der Waals surface area contributed by atoms with E-state index in [-0.39, 0.29) is 23.8 Å². The first-order chi connectivity index (χ1) is 9.45. The van der Waals surface area contributed by atoms with Gasteiger partial charge in [-0.15, -0.1) is 0 Å². The van der Waals surface area contributed by atoms with Crippen LogP contribution >= 0.6 is 0 Å². The lowest BCUT2D eigenvalue weighted by Gasteiger charge is -2.23. The molecular formula is C14H27N3O3. The van der Waals surface area contributed by atoms with Crippen LogP contribution < -0.4 is 16.4 Å². The zero-order valence-corrected chi connectivity index (χ0v) is 12.6. The number of rotatable bonds is 7. The monoisotopic (exact) mass is 285 g/mol. The summed E-state index contributed by atoms with van der Waals surface area (Å²) in [6.45, 7) is 6.77. The molecule has 1 amide bonds. The molecule has 1 heterocycles. The fourth-order valence-electron chi connectivity index (χ4n) is 2.27. The number of esters is 1. The predicted molar refractivity (Wildman–Crippen MR) is 77.0 cm³/mol. The molecule has 1 aliphatic heterocycles. The average molecular weight is 285 g/mol. The number of nitrogens with one attached hydrogen (secondary N) is 2. The fourth-order valence-corrected chi connectivity index (χ4v) is 2.27. The van der Waals surface area contributed by atoms with Gasteiger partial charge in [-0.1, -0.05) is 13.8 Å². The van der Waals surface area contributed by atoms with Crippen LogP contribution in [0.2, 0.25) is 0 Å². The molecule has 0 bridgehead atoms. The van der Waals surface area contributed by atoms with E-state index in [9.17, 15) is 9.59 Å². The molecule has 4 N–H and O–H groups in total. The molecule has 0 aromatic rings. The van der Waals surface area contributed by atoms with E-state index in [0.717, 1.165) is 19.4 Å². The molecule has 6 nitrogen and oxygen atoms in total. The van der Waals surface area contributed by atoms with Crippen LogP contribution in [0, 0.1) is 5.92 Å². The van der Waals surface area contributed by atoms with Gasteiger partial charge in [-0.2, -0.15) is 0 Å². The Balaban J connectivity index is 2.61. The molecule has 1 saturated heterocycles. The van der Waals surface area contributed by atoms with Gasteiger partial charge in [-0.05, 0) is 38.6 Å². The van der Waals surface area contributed by atoms with Gasteiger partial charge in [0, 0.05) is 6.04 Å². The van der Waals surface area contributed by atoms with Gasteiger partial charge in [0.2, 0.25) is 5.91 Å². The van der Waals surface area contributed by atoms with Gasteiger partial charge in [-0.3, -0.25) is 4.79 Å². The van der Waals surface area contributed by atoms with Crippen molar-refractivity contribution in [1.82, 2.24) is 10.6 Å². The summed E-state index contributed by atoms with van der Waals surface area (Å²) in [7, 11) is 0. The summed E-state index contributed by atoms with van der Waals surface area (Å²) in [6.07, 6.45) is 2.66. The predicted octanol–water partition coefficient (Wildman–Crippen LogP) is 0.160. The SMILES string of the molecule is CCOC(=O)[C@H](CC1CCCN1)NC(=O)[C@@H](N)C(C)C. The average Bonchev–Trinajstić information content (AvgIpc) is 2.90. The van der Waals surface area contributed by atoms with Crippen LogP contribution in [0.25, 0.3) is 0 Å². The maximum absolute atomic E-state index is 12.0. The van der Waals surface area contributed by atoms with E-state index in [0.29, 0.717) is 13.0 Å². The summed E-state index contributed by atoms with van der Waals surface area (Å²) in [5.74, 6) is -0.649. The number of amides is 1. The second-order valence-corrected chi connectivity index (χ2v) is 5.61. The lowest BCUT2D eigenvalue weighted by atomic mass is 10.0. The van der Waals surface area contributed by atoms with Gasteiger partial charge < -0.3 is 21.1 Å². The highest BCUT2D eigenvalue weighted by molar-refractivity contribution is 5.87. The second kappa shape index (κ2) is 8.21. The van der Waals surface area contributed by atoms with Gasteiger partial charge in [0.1, 0.15) is 6.04 Å². The van der Waals surface area contributed by atoms with Crippen LogP contribution in [0.4, 0.5) is 0 Å². The minimum atomic E-state index is -0.622. The van der Waals surface area contributed by atoms with E-state index in [1.165, 1.54) is 0 Å². The Labute approximate surface area is 120 Å². The number of carbonyl (C=O) groups is 2. The highest BCUT2D eigenvalue weighted by Gasteiger charge is 2.29. The zero-order valence-electron chi connectivity index (χ0n) is 12.6. The van der Waals surface area contributed by atoms with Crippen LogP contribution in [-0.4, -0.2) is 43.2 Å². The fraction of sp³-hybridized carbons (Fsp3) is 0.857. The summed E-state index contributed by atoms with van der Waals surface area (Å²) in [5, 5.41) is 6.05. The van der Waals surface area contributed by atoms with Crippen LogP contribution in [0.5, 0.6) is 0 Å². The van der Waals surface area contributed by atoms with Crippen molar-refractivity contribution in [3.63, 3.8) is 0 Å². The lowest BCUT2D eigenvalue weighted by Crippen LogP contribution is -2.52. The first kappa shape index (κ1) is 16.9. The molecule has 0 spiro atoms. The molecule has 6 heteroatoms. The topological polar surface area (TPSA) is 93.5 Å². The minimum Gasteiger partial charge on any atom is -0.464 e. The Kier molecular flexibility index (Phi) is 6.95. The Morgan fingerprint density at radius 2 is 2.15 bits per heavy atom. The van der Waals surface area contributed by atoms with Gasteiger partial charge in [0.15, 0.2) is 0 Å². The van der Waals surface area contributed by atoms with E-state index in [1.807, 2.05) is 13.8 Å². The molecule has 0 saturated carbocycles. The van der Waals surface area contributed by atoms with Crippen molar-refractivity contribution in [1.29, 1.82) is 0 Å². The highest BCUT2D eigenvalue weighted by Crippen LogP contribution is 2.12. The molecule has 1 rings (SSSR count). The van der Waals surface area contributed by atoms with E-state index < -0.39 is 12.1 Å². The van der Waals surface area contributed by atoms with Crippen LogP contribution in [0.1, 0.15) is 40.0 Å². The van der Waals surface area contributed by atoms with Crippen molar-refractivity contribution in [3.05, 3.63) is 0 Å². The molecule has 3 atom stereocenters. The zero-order chi connectivity index (χ0) is 15.1. The molecule has 1 fully saturated rings. The third-order valence-electron chi connectivity index (χ3n) is 3.59. The smallest absolute Gasteiger partial charge is 0.328 e. The highest BCUT2D eigenvalue weighted by atomic mass is 16.5. The number of hydrogen-bond donors (Lipinski definition) is 3. The maximum Gasteiger partial charge on any atom is 0.328 e. The van der Waals surface area contributed by atoms with Crippen molar-refractivity contribution >= 4 is 11.9 Å². The van der Waals surface area contributed by atoms with E-state index in [2.05, 4.69) is 10.6 Å². The van der Waals surface area contributed by atoms with Crippen LogP contribution in [0.3, 0.4) is 0 Å². The minimum absolute atomic E-state index is 0.0300. The summed E-state index contributed by atoms with van der Waals surface area (Å²) in [4.78, 5) is 24.0. The first-order valence-electron chi connectivity index (χ1n) is 7.41. The number of nitrogens with two attached hydrogens (primary N) is 1. The molecule has 0 aliphatic carbocycles. The van der Waals surface area contributed by atoms with Crippen LogP contribution in [-0.2, 0) is 14.3 Å². The quantitative estimate of drug-likeness (QED) is 0.579. The molecule has 0 radical (unpaired) electrons. The molecular weight excluding hydrogens is 258 g/mol. The van der Waals surface area contributed by atoms with Crippen molar-refractivity contribution in [2.24, 2.45) is 11.7 Å². The molecule has 1 aliphatic rings. The molecule has 1 unspecified atom stereocenters. The maximum atomic E-state index is 12.0. The Morgan fingerprint density at radius 1 is 1.45 bits per heavy atom. The van der Waals surface area contributed by atoms with E-state index in [1.54, 1.807) is 6.92 Å². The van der Waals surface area contributed by atoms with Crippen molar-refractivity contribution in [2.45, 2.75) is 58.2 Å². The molecule has 0 aromatic carbocycles. The second-order valence-electron chi connectivity index (χ2n) is 5.61. The summed E-state index contributed by atoms with van der Waals surface area (Å²) < 4.78 is 5.03. The molecule has 0 aromatic heterocycles. The summed E-state index contributed by atoms with van der Waals surface area (Å²) >= 11 is 0. The third-order valence-corrected chi connectivity index (χ3v) is 3.59. The Hall–Kier alpha value is -1.14. The Bertz CT molecular complexity index is 328. The number of carbonyl (C=O) groups excluding carboxylic acids is 2. The number of hydrogen-bond acceptors (Lipinski definition) is 5. The van der Waals surface area contributed by atoms with Crippen molar-refractivity contribution < 1.29 is 14.3 Å². The lowest BCUT2D eigenvalue weighted by molar-refractivity contribution is -0.148. The summed E-state index contributed by atoms with van der Waals surface area (Å²) in [6, 6.07) is -0.980. The van der Waals surface area contributed by atoms with Gasteiger partial charge in [0.25, 0.3) is 0 Å². The summed E-state index contributed by atoms with van der Waals surface area (Å²) in [5.41, 5.74) is 5.81. The molecule has 116 valence electrons. The Morgan fingerprint density at radius 3 is 2.65 bits per heavy atom. The van der Waals surface area contributed by atoms with Crippen LogP contribution in [0.15, 0.2) is 0 Å². The number of ether oxygens (including phenoxy) is 1. The largest absolute Gasteiger partial charge is 0.464 e.